The molecule has 0 heterocycles. The quantitative estimate of drug-likeness (QED) is 0.660. The molecule has 1 aromatic rings. The molecule has 2 fully saturated rings. The Morgan fingerprint density at radius 2 is 2.18 bits per heavy atom. The van der Waals surface area contributed by atoms with Crippen LogP contribution in [0.5, 0.6) is 5.75 Å². The number of nitrogens with one attached hydrogen (secondary N) is 1. The fourth-order valence-corrected chi connectivity index (χ4v) is 3.83. The predicted octanol–water partition coefficient (Wildman–Crippen LogP) is 3.03. The molecule has 3 N–H and O–H groups in total. The summed E-state index contributed by atoms with van der Waals surface area (Å²) in [6.07, 6.45) is 4.90. The first-order chi connectivity index (χ1) is 10.6. The van der Waals surface area contributed by atoms with Crippen LogP contribution in [0.25, 0.3) is 0 Å². The van der Waals surface area contributed by atoms with E-state index in [-0.39, 0.29) is 11.5 Å². The van der Waals surface area contributed by atoms with Crippen LogP contribution in [0, 0.1) is 5.41 Å². The molecule has 2 aliphatic carbocycles. The van der Waals surface area contributed by atoms with E-state index in [4.69, 9.17) is 26.8 Å². The second kappa shape index (κ2) is 5.97. The summed E-state index contributed by atoms with van der Waals surface area (Å²) < 4.78 is 10.7. The van der Waals surface area contributed by atoms with Crippen molar-refractivity contribution in [3.05, 3.63) is 23.2 Å². The highest BCUT2D eigenvalue weighted by molar-refractivity contribution is 6.32. The van der Waals surface area contributed by atoms with Crippen LogP contribution >= 0.6 is 11.6 Å². The van der Waals surface area contributed by atoms with Crippen molar-refractivity contribution >= 4 is 23.2 Å². The van der Waals surface area contributed by atoms with E-state index in [0.29, 0.717) is 22.8 Å². The average Bonchev–Trinajstić information content (AvgIpc) is 2.41. The standard InChI is InChI=1S/C16H22ClN3O2/c1-21-12-5-4-10(8-11(12)17)19-15(18)20-13-9-14(22-2)16(13)6-3-7-16/h4-5,8,13-14H,3,6-7,9H2,1-2H3,(H3,18,19,20). The normalized spacial score (nSPS) is 26.2. The molecule has 0 aliphatic heterocycles. The number of rotatable bonds is 4. The number of hydrogen-bond donors (Lipinski definition) is 2. The highest BCUT2D eigenvalue weighted by atomic mass is 35.5. The summed E-state index contributed by atoms with van der Waals surface area (Å²) >= 11 is 6.11. The van der Waals surface area contributed by atoms with Crippen LogP contribution in [0.3, 0.4) is 0 Å². The number of hydrogen-bond acceptors (Lipinski definition) is 3. The van der Waals surface area contributed by atoms with Gasteiger partial charge in [0.1, 0.15) is 5.75 Å². The SMILES string of the molecule is COc1ccc(NC(N)=NC2CC(OC)C23CCC3)cc1Cl. The Morgan fingerprint density at radius 3 is 2.73 bits per heavy atom. The number of methoxy groups -OCH3 is 2. The molecule has 1 aromatic carbocycles. The van der Waals surface area contributed by atoms with Gasteiger partial charge in [-0.3, -0.25) is 0 Å². The third kappa shape index (κ3) is 2.52. The van der Waals surface area contributed by atoms with Crippen LogP contribution < -0.4 is 15.8 Å². The smallest absolute Gasteiger partial charge is 0.193 e. The van der Waals surface area contributed by atoms with Crippen LogP contribution in [0.1, 0.15) is 25.7 Å². The monoisotopic (exact) mass is 323 g/mol. The number of halogens is 1. The first-order valence-electron chi connectivity index (χ1n) is 7.55. The molecule has 0 bridgehead atoms. The van der Waals surface area contributed by atoms with Crippen LogP contribution in [-0.2, 0) is 4.74 Å². The van der Waals surface area contributed by atoms with Gasteiger partial charge in [-0.15, -0.1) is 0 Å². The maximum Gasteiger partial charge on any atom is 0.193 e. The van der Waals surface area contributed by atoms with Gasteiger partial charge in [0.15, 0.2) is 5.96 Å². The first kappa shape index (κ1) is 15.4. The Kier molecular flexibility index (Phi) is 4.19. The van der Waals surface area contributed by atoms with Crippen LogP contribution in [-0.4, -0.2) is 32.3 Å². The molecule has 2 atom stereocenters. The molecule has 2 saturated carbocycles. The lowest BCUT2D eigenvalue weighted by Gasteiger charge is -2.59. The number of guanidine groups is 1. The van der Waals surface area contributed by atoms with Crippen molar-refractivity contribution in [2.75, 3.05) is 19.5 Å². The Bertz CT molecular complexity index is 587. The van der Waals surface area contributed by atoms with Crippen molar-refractivity contribution < 1.29 is 9.47 Å². The largest absolute Gasteiger partial charge is 0.495 e. The molecule has 6 heteroatoms. The average molecular weight is 324 g/mol. The van der Waals surface area contributed by atoms with Crippen molar-refractivity contribution in [2.24, 2.45) is 16.1 Å². The topological polar surface area (TPSA) is 68.9 Å². The number of aliphatic imine (C=N–C) groups is 1. The van der Waals surface area contributed by atoms with Gasteiger partial charge < -0.3 is 20.5 Å². The Morgan fingerprint density at radius 1 is 1.41 bits per heavy atom. The number of benzene rings is 1. The van der Waals surface area contributed by atoms with E-state index in [0.717, 1.165) is 12.1 Å². The summed E-state index contributed by atoms with van der Waals surface area (Å²) in [5, 5.41) is 3.64. The molecule has 0 saturated heterocycles. The van der Waals surface area contributed by atoms with E-state index >= 15 is 0 Å². The molecule has 0 aromatic heterocycles. The summed E-state index contributed by atoms with van der Waals surface area (Å²) in [5.41, 5.74) is 7.07. The van der Waals surface area contributed by atoms with Gasteiger partial charge in [0.2, 0.25) is 0 Å². The zero-order chi connectivity index (χ0) is 15.7. The fraction of sp³-hybridized carbons (Fsp3) is 0.562. The molecule has 0 amide bonds. The van der Waals surface area contributed by atoms with E-state index in [1.165, 1.54) is 19.3 Å². The van der Waals surface area contributed by atoms with Crippen molar-refractivity contribution in [3.8, 4) is 5.75 Å². The Labute approximate surface area is 135 Å². The lowest BCUT2D eigenvalue weighted by atomic mass is 9.51. The Balaban J connectivity index is 1.67. The second-order valence-corrected chi connectivity index (χ2v) is 6.46. The van der Waals surface area contributed by atoms with Gasteiger partial charge in [-0.2, -0.15) is 0 Å². The molecule has 0 radical (unpaired) electrons. The molecule has 22 heavy (non-hydrogen) atoms. The van der Waals surface area contributed by atoms with Gasteiger partial charge in [-0.25, -0.2) is 4.99 Å². The number of anilines is 1. The minimum absolute atomic E-state index is 0.221. The van der Waals surface area contributed by atoms with E-state index in [2.05, 4.69) is 10.3 Å². The van der Waals surface area contributed by atoms with Crippen LogP contribution in [0.15, 0.2) is 23.2 Å². The summed E-state index contributed by atoms with van der Waals surface area (Å²) in [6, 6.07) is 5.70. The summed E-state index contributed by atoms with van der Waals surface area (Å²) in [7, 11) is 3.37. The minimum Gasteiger partial charge on any atom is -0.495 e. The van der Waals surface area contributed by atoms with Crippen molar-refractivity contribution in [2.45, 2.75) is 37.8 Å². The zero-order valence-corrected chi connectivity index (χ0v) is 13.7. The summed E-state index contributed by atoms with van der Waals surface area (Å²) in [6.45, 7) is 0. The maximum atomic E-state index is 6.11. The third-order valence-electron chi connectivity index (χ3n) is 5.03. The van der Waals surface area contributed by atoms with E-state index in [1.54, 1.807) is 26.4 Å². The number of nitrogens with zero attached hydrogens (tertiary/aromatic N) is 1. The molecule has 3 rings (SSSR count). The van der Waals surface area contributed by atoms with Crippen molar-refractivity contribution in [3.63, 3.8) is 0 Å². The zero-order valence-electron chi connectivity index (χ0n) is 12.9. The van der Waals surface area contributed by atoms with Gasteiger partial charge in [0.25, 0.3) is 0 Å². The molecule has 1 spiro atoms. The maximum absolute atomic E-state index is 6.11. The summed E-state index contributed by atoms with van der Waals surface area (Å²) in [4.78, 5) is 4.65. The van der Waals surface area contributed by atoms with E-state index < -0.39 is 0 Å². The van der Waals surface area contributed by atoms with Gasteiger partial charge in [0.05, 0.1) is 24.3 Å². The predicted molar refractivity (Wildman–Crippen MR) is 88.7 cm³/mol. The van der Waals surface area contributed by atoms with Crippen molar-refractivity contribution in [1.82, 2.24) is 0 Å². The first-order valence-corrected chi connectivity index (χ1v) is 7.93. The van der Waals surface area contributed by atoms with Crippen LogP contribution in [0.2, 0.25) is 5.02 Å². The number of ether oxygens (including phenoxy) is 2. The van der Waals surface area contributed by atoms with Gasteiger partial charge >= 0.3 is 0 Å². The minimum atomic E-state index is 0.221. The molecule has 2 unspecified atom stereocenters. The van der Waals surface area contributed by atoms with Gasteiger partial charge in [-0.1, -0.05) is 18.0 Å². The highest BCUT2D eigenvalue weighted by Crippen LogP contribution is 2.58. The molecule has 2 aliphatic rings. The number of nitrogens with two attached hydrogens (primary N) is 1. The fourth-order valence-electron chi connectivity index (χ4n) is 3.57. The Hall–Kier alpha value is -1.46. The molecular formula is C16H22ClN3O2. The van der Waals surface area contributed by atoms with E-state index in [1.807, 2.05) is 6.07 Å². The molecular weight excluding hydrogens is 302 g/mol. The highest BCUT2D eigenvalue weighted by Gasteiger charge is 2.58. The van der Waals surface area contributed by atoms with E-state index in [9.17, 15) is 0 Å². The summed E-state index contributed by atoms with van der Waals surface area (Å²) in [5.74, 6) is 1.06. The molecule has 5 nitrogen and oxygen atoms in total. The van der Waals surface area contributed by atoms with Gasteiger partial charge in [0, 0.05) is 18.2 Å². The third-order valence-corrected chi connectivity index (χ3v) is 5.33. The van der Waals surface area contributed by atoms with Gasteiger partial charge in [-0.05, 0) is 37.5 Å². The lowest BCUT2D eigenvalue weighted by Crippen LogP contribution is -2.61. The molecule has 120 valence electrons. The van der Waals surface area contributed by atoms with Crippen molar-refractivity contribution in [1.29, 1.82) is 0 Å². The lowest BCUT2D eigenvalue weighted by molar-refractivity contribution is -0.150. The van der Waals surface area contributed by atoms with Crippen LogP contribution in [0.4, 0.5) is 5.69 Å². The second-order valence-electron chi connectivity index (χ2n) is 6.05.